The molecule has 0 aromatic carbocycles. The standard InChI is InChI=1S/C12H15NO2S/c1-9(14)10-2-5-13-12(8-10)16-11-3-6-15-7-4-11/h2,5,8,11H,3-4,6-7H2,1H3. The number of aromatic nitrogens is 1. The molecule has 1 fully saturated rings. The van der Waals surface area contributed by atoms with Crippen LogP contribution in [0.15, 0.2) is 23.4 Å². The van der Waals surface area contributed by atoms with E-state index in [2.05, 4.69) is 4.98 Å². The van der Waals surface area contributed by atoms with E-state index in [9.17, 15) is 4.79 Å². The number of ether oxygens (including phenoxy) is 1. The van der Waals surface area contributed by atoms with Crippen LogP contribution in [0.2, 0.25) is 0 Å². The monoisotopic (exact) mass is 237 g/mol. The zero-order valence-corrected chi connectivity index (χ0v) is 10.1. The van der Waals surface area contributed by atoms with E-state index in [4.69, 9.17) is 4.74 Å². The van der Waals surface area contributed by atoms with Crippen LogP contribution < -0.4 is 0 Å². The molecule has 0 unspecified atom stereocenters. The molecule has 0 radical (unpaired) electrons. The molecule has 0 aliphatic carbocycles. The lowest BCUT2D eigenvalue weighted by atomic mass is 10.2. The molecule has 2 heterocycles. The van der Waals surface area contributed by atoms with Crippen LogP contribution in [-0.4, -0.2) is 29.2 Å². The molecule has 1 saturated heterocycles. The Hall–Kier alpha value is -0.870. The van der Waals surface area contributed by atoms with Crippen molar-refractivity contribution in [3.05, 3.63) is 23.9 Å². The summed E-state index contributed by atoms with van der Waals surface area (Å²) in [6.45, 7) is 3.26. The van der Waals surface area contributed by atoms with Crippen LogP contribution in [0, 0.1) is 0 Å². The van der Waals surface area contributed by atoms with Crippen molar-refractivity contribution in [2.75, 3.05) is 13.2 Å². The van der Waals surface area contributed by atoms with Gasteiger partial charge in [0.1, 0.15) is 0 Å². The molecular weight excluding hydrogens is 222 g/mol. The summed E-state index contributed by atoms with van der Waals surface area (Å²) in [5.74, 6) is 0.0937. The molecule has 2 rings (SSSR count). The summed E-state index contributed by atoms with van der Waals surface area (Å²) >= 11 is 1.75. The first-order valence-corrected chi connectivity index (χ1v) is 6.35. The highest BCUT2D eigenvalue weighted by Gasteiger charge is 2.15. The highest BCUT2D eigenvalue weighted by molar-refractivity contribution is 7.99. The van der Waals surface area contributed by atoms with Gasteiger partial charge in [0.2, 0.25) is 0 Å². The van der Waals surface area contributed by atoms with Crippen LogP contribution in [0.1, 0.15) is 30.1 Å². The summed E-state index contributed by atoms with van der Waals surface area (Å²) in [5, 5.41) is 1.52. The van der Waals surface area contributed by atoms with Crippen molar-refractivity contribution in [2.24, 2.45) is 0 Å². The largest absolute Gasteiger partial charge is 0.381 e. The minimum absolute atomic E-state index is 0.0937. The molecule has 3 nitrogen and oxygen atoms in total. The molecule has 1 aliphatic heterocycles. The molecular formula is C12H15NO2S. The first-order chi connectivity index (χ1) is 7.75. The van der Waals surface area contributed by atoms with Crippen molar-refractivity contribution in [3.63, 3.8) is 0 Å². The van der Waals surface area contributed by atoms with E-state index in [1.54, 1.807) is 30.9 Å². The van der Waals surface area contributed by atoms with Crippen molar-refractivity contribution in [2.45, 2.75) is 30.0 Å². The topological polar surface area (TPSA) is 39.2 Å². The average molecular weight is 237 g/mol. The van der Waals surface area contributed by atoms with E-state index < -0.39 is 0 Å². The lowest BCUT2D eigenvalue weighted by Gasteiger charge is -2.20. The van der Waals surface area contributed by atoms with Crippen molar-refractivity contribution in [3.8, 4) is 0 Å². The van der Waals surface area contributed by atoms with Gasteiger partial charge in [-0.15, -0.1) is 11.8 Å². The van der Waals surface area contributed by atoms with Crippen LogP contribution >= 0.6 is 11.8 Å². The Bertz CT molecular complexity index is 375. The molecule has 1 aromatic rings. The second-order valence-electron chi connectivity index (χ2n) is 3.87. The third-order valence-electron chi connectivity index (χ3n) is 2.60. The zero-order chi connectivity index (χ0) is 11.4. The van der Waals surface area contributed by atoms with E-state index in [-0.39, 0.29) is 5.78 Å². The maximum atomic E-state index is 11.2. The van der Waals surface area contributed by atoms with Gasteiger partial charge in [-0.05, 0) is 31.9 Å². The predicted molar refractivity (Wildman–Crippen MR) is 63.9 cm³/mol. The Balaban J connectivity index is 2.02. The summed E-state index contributed by atoms with van der Waals surface area (Å²) in [7, 11) is 0. The van der Waals surface area contributed by atoms with Gasteiger partial charge in [-0.3, -0.25) is 4.79 Å². The second-order valence-corrected chi connectivity index (χ2v) is 5.19. The number of Topliss-reactive ketones (excluding diaryl/α,β-unsaturated/α-hetero) is 1. The smallest absolute Gasteiger partial charge is 0.159 e. The number of ketones is 1. The lowest BCUT2D eigenvalue weighted by molar-refractivity contribution is 0.0998. The molecule has 0 bridgehead atoms. The van der Waals surface area contributed by atoms with E-state index >= 15 is 0 Å². The van der Waals surface area contributed by atoms with E-state index in [1.807, 2.05) is 6.07 Å². The van der Waals surface area contributed by atoms with Gasteiger partial charge in [-0.1, -0.05) is 0 Å². The maximum Gasteiger partial charge on any atom is 0.159 e. The number of pyridine rings is 1. The molecule has 0 amide bonds. The Morgan fingerprint density at radius 3 is 2.94 bits per heavy atom. The Morgan fingerprint density at radius 2 is 2.25 bits per heavy atom. The highest BCUT2D eigenvalue weighted by Crippen LogP contribution is 2.28. The molecule has 0 saturated carbocycles. The van der Waals surface area contributed by atoms with Crippen LogP contribution in [0.25, 0.3) is 0 Å². The number of carbonyl (C=O) groups is 1. The number of rotatable bonds is 3. The van der Waals surface area contributed by atoms with E-state index in [0.717, 1.165) is 36.6 Å². The van der Waals surface area contributed by atoms with Gasteiger partial charge >= 0.3 is 0 Å². The Labute approximate surface area is 99.6 Å². The maximum absolute atomic E-state index is 11.2. The van der Waals surface area contributed by atoms with Gasteiger partial charge in [-0.2, -0.15) is 0 Å². The minimum Gasteiger partial charge on any atom is -0.381 e. The number of carbonyl (C=O) groups excluding carboxylic acids is 1. The molecule has 0 spiro atoms. The molecule has 0 N–H and O–H groups in total. The van der Waals surface area contributed by atoms with Crippen LogP contribution in [-0.2, 0) is 4.74 Å². The van der Waals surface area contributed by atoms with Gasteiger partial charge in [0.05, 0.1) is 5.03 Å². The van der Waals surface area contributed by atoms with Gasteiger partial charge in [0.25, 0.3) is 0 Å². The summed E-state index contributed by atoms with van der Waals surface area (Å²) in [4.78, 5) is 15.5. The number of nitrogens with zero attached hydrogens (tertiary/aromatic N) is 1. The fourth-order valence-electron chi connectivity index (χ4n) is 1.66. The normalized spacial score (nSPS) is 17.3. The number of hydrogen-bond acceptors (Lipinski definition) is 4. The molecule has 1 aromatic heterocycles. The number of hydrogen-bond donors (Lipinski definition) is 0. The summed E-state index contributed by atoms with van der Waals surface area (Å²) in [6.07, 6.45) is 3.84. The average Bonchev–Trinajstić information content (AvgIpc) is 2.30. The fourth-order valence-corrected chi connectivity index (χ4v) is 2.74. The summed E-state index contributed by atoms with van der Waals surface area (Å²) < 4.78 is 5.31. The lowest BCUT2D eigenvalue weighted by Crippen LogP contribution is -2.17. The van der Waals surface area contributed by atoms with Crippen LogP contribution in [0.5, 0.6) is 0 Å². The minimum atomic E-state index is 0.0937. The van der Waals surface area contributed by atoms with Gasteiger partial charge < -0.3 is 4.74 Å². The van der Waals surface area contributed by atoms with Gasteiger partial charge in [0, 0.05) is 30.2 Å². The predicted octanol–water partition coefficient (Wildman–Crippen LogP) is 2.56. The fraction of sp³-hybridized carbons (Fsp3) is 0.500. The van der Waals surface area contributed by atoms with Crippen molar-refractivity contribution >= 4 is 17.5 Å². The van der Waals surface area contributed by atoms with Gasteiger partial charge in [-0.25, -0.2) is 4.98 Å². The van der Waals surface area contributed by atoms with Crippen LogP contribution in [0.4, 0.5) is 0 Å². The van der Waals surface area contributed by atoms with Crippen molar-refractivity contribution in [1.82, 2.24) is 4.98 Å². The summed E-state index contributed by atoms with van der Waals surface area (Å²) in [6, 6.07) is 3.64. The Kier molecular flexibility index (Phi) is 3.96. The van der Waals surface area contributed by atoms with E-state index in [0.29, 0.717) is 5.25 Å². The number of thioether (sulfide) groups is 1. The molecule has 4 heteroatoms. The highest BCUT2D eigenvalue weighted by atomic mass is 32.2. The first-order valence-electron chi connectivity index (χ1n) is 5.47. The van der Waals surface area contributed by atoms with Crippen LogP contribution in [0.3, 0.4) is 0 Å². The first kappa shape index (κ1) is 11.6. The van der Waals surface area contributed by atoms with E-state index in [1.165, 1.54) is 0 Å². The summed E-state index contributed by atoms with van der Waals surface area (Å²) in [5.41, 5.74) is 0.740. The second kappa shape index (κ2) is 5.46. The van der Waals surface area contributed by atoms with Crippen molar-refractivity contribution < 1.29 is 9.53 Å². The Morgan fingerprint density at radius 1 is 1.50 bits per heavy atom. The quantitative estimate of drug-likeness (QED) is 0.757. The molecule has 1 aliphatic rings. The molecule has 0 atom stereocenters. The molecule has 86 valence electrons. The molecule has 16 heavy (non-hydrogen) atoms. The zero-order valence-electron chi connectivity index (χ0n) is 9.31. The third kappa shape index (κ3) is 3.06. The third-order valence-corrected chi connectivity index (χ3v) is 3.87. The SMILES string of the molecule is CC(=O)c1ccnc(SC2CCOCC2)c1. The van der Waals surface area contributed by atoms with Gasteiger partial charge in [0.15, 0.2) is 5.78 Å². The van der Waals surface area contributed by atoms with Crippen molar-refractivity contribution in [1.29, 1.82) is 0 Å².